The van der Waals surface area contributed by atoms with E-state index < -0.39 is 0 Å². The number of rotatable bonds is 4. The molecular formula is C13H17N5OS. The van der Waals surface area contributed by atoms with Crippen molar-refractivity contribution in [1.82, 2.24) is 25.0 Å². The van der Waals surface area contributed by atoms with Crippen molar-refractivity contribution in [2.45, 2.75) is 11.4 Å². The summed E-state index contributed by atoms with van der Waals surface area (Å²) in [5.74, 6) is 0.692. The Hall–Kier alpha value is -2.02. The zero-order valence-electron chi connectivity index (χ0n) is 11.7. The van der Waals surface area contributed by atoms with Crippen molar-refractivity contribution in [1.29, 1.82) is 0 Å². The average Bonchev–Trinajstić information content (AvgIpc) is 2.93. The molecule has 0 saturated heterocycles. The van der Waals surface area contributed by atoms with E-state index in [1.807, 2.05) is 30.5 Å². The Kier molecular flexibility index (Phi) is 4.62. The van der Waals surface area contributed by atoms with Gasteiger partial charge in [-0.05, 0) is 30.5 Å². The topological polar surface area (TPSA) is 63.1 Å². The standard InChI is InChI=1S/C13H17N5OS/c1-17(2)13(19)14-8-12-15-9-16-18(12)10-4-6-11(20-3)7-5-10/h4-7,9H,8H2,1-3H3,(H,14,19). The molecule has 1 heterocycles. The van der Waals surface area contributed by atoms with Gasteiger partial charge >= 0.3 is 6.03 Å². The summed E-state index contributed by atoms with van der Waals surface area (Å²) < 4.78 is 1.72. The van der Waals surface area contributed by atoms with Gasteiger partial charge < -0.3 is 10.2 Å². The fourth-order valence-electron chi connectivity index (χ4n) is 1.64. The van der Waals surface area contributed by atoms with Crippen LogP contribution in [0.25, 0.3) is 5.69 Å². The Labute approximate surface area is 122 Å². The van der Waals surface area contributed by atoms with E-state index in [0.717, 1.165) is 5.69 Å². The number of carbonyl (C=O) groups excluding carboxylic acids is 1. The van der Waals surface area contributed by atoms with Gasteiger partial charge in [-0.15, -0.1) is 11.8 Å². The molecule has 0 saturated carbocycles. The predicted octanol–water partition coefficient (Wildman–Crippen LogP) is 1.76. The number of thioether (sulfide) groups is 1. The third-order valence-electron chi connectivity index (χ3n) is 2.74. The zero-order valence-corrected chi connectivity index (χ0v) is 12.5. The maximum absolute atomic E-state index is 11.5. The molecule has 0 aliphatic carbocycles. The van der Waals surface area contributed by atoms with Gasteiger partial charge in [-0.2, -0.15) is 5.10 Å². The van der Waals surface area contributed by atoms with Gasteiger partial charge in [-0.1, -0.05) is 0 Å². The SMILES string of the molecule is CSc1ccc(-n2ncnc2CNC(=O)N(C)C)cc1. The molecule has 2 rings (SSSR count). The highest BCUT2D eigenvalue weighted by atomic mass is 32.2. The Morgan fingerprint density at radius 1 is 1.35 bits per heavy atom. The van der Waals surface area contributed by atoms with Crippen molar-refractivity contribution in [3.8, 4) is 5.69 Å². The van der Waals surface area contributed by atoms with Crippen molar-refractivity contribution in [3.63, 3.8) is 0 Å². The third-order valence-corrected chi connectivity index (χ3v) is 3.48. The van der Waals surface area contributed by atoms with Crippen molar-refractivity contribution in [3.05, 3.63) is 36.4 Å². The van der Waals surface area contributed by atoms with Crippen LogP contribution in [0.1, 0.15) is 5.82 Å². The lowest BCUT2D eigenvalue weighted by atomic mass is 10.3. The number of urea groups is 1. The zero-order chi connectivity index (χ0) is 14.5. The van der Waals surface area contributed by atoms with E-state index in [4.69, 9.17) is 0 Å². The summed E-state index contributed by atoms with van der Waals surface area (Å²) in [5.41, 5.74) is 0.925. The van der Waals surface area contributed by atoms with Gasteiger partial charge in [0.25, 0.3) is 0 Å². The molecule has 2 amide bonds. The number of carbonyl (C=O) groups is 1. The van der Waals surface area contributed by atoms with Gasteiger partial charge in [0.05, 0.1) is 12.2 Å². The quantitative estimate of drug-likeness (QED) is 0.872. The smallest absolute Gasteiger partial charge is 0.317 e. The van der Waals surface area contributed by atoms with E-state index in [-0.39, 0.29) is 6.03 Å². The van der Waals surface area contributed by atoms with Gasteiger partial charge in [-0.25, -0.2) is 14.5 Å². The summed E-state index contributed by atoms with van der Waals surface area (Å²) in [4.78, 5) is 18.4. The van der Waals surface area contributed by atoms with Crippen LogP contribution in [0.2, 0.25) is 0 Å². The molecule has 0 spiro atoms. The first-order valence-corrected chi connectivity index (χ1v) is 7.32. The van der Waals surface area contributed by atoms with Crippen LogP contribution in [0.15, 0.2) is 35.5 Å². The molecule has 1 N–H and O–H groups in total. The summed E-state index contributed by atoms with van der Waals surface area (Å²) in [6.07, 6.45) is 3.52. The molecule has 0 bridgehead atoms. The molecule has 7 heteroatoms. The predicted molar refractivity (Wildman–Crippen MR) is 79.1 cm³/mol. The van der Waals surface area contributed by atoms with Crippen LogP contribution in [0, 0.1) is 0 Å². The lowest BCUT2D eigenvalue weighted by Crippen LogP contribution is -2.34. The van der Waals surface area contributed by atoms with Crippen molar-refractivity contribution in [2.24, 2.45) is 0 Å². The van der Waals surface area contributed by atoms with Gasteiger partial charge in [0, 0.05) is 19.0 Å². The number of benzene rings is 1. The summed E-state index contributed by atoms with van der Waals surface area (Å²) in [5, 5.41) is 6.98. The van der Waals surface area contributed by atoms with E-state index in [1.54, 1.807) is 30.5 Å². The van der Waals surface area contributed by atoms with E-state index in [9.17, 15) is 4.79 Å². The molecule has 0 aliphatic heterocycles. The van der Waals surface area contributed by atoms with Crippen LogP contribution >= 0.6 is 11.8 Å². The highest BCUT2D eigenvalue weighted by molar-refractivity contribution is 7.98. The normalized spacial score (nSPS) is 10.3. The molecule has 0 unspecified atom stereocenters. The van der Waals surface area contributed by atoms with Gasteiger partial charge in [-0.3, -0.25) is 0 Å². The fraction of sp³-hybridized carbons (Fsp3) is 0.308. The van der Waals surface area contributed by atoms with Crippen LogP contribution in [0.4, 0.5) is 4.79 Å². The lowest BCUT2D eigenvalue weighted by molar-refractivity contribution is 0.216. The third kappa shape index (κ3) is 3.30. The molecular weight excluding hydrogens is 274 g/mol. The summed E-state index contributed by atoms with van der Waals surface area (Å²) in [6, 6.07) is 7.88. The van der Waals surface area contributed by atoms with Crippen LogP contribution < -0.4 is 5.32 Å². The number of nitrogens with zero attached hydrogens (tertiary/aromatic N) is 4. The molecule has 1 aromatic carbocycles. The molecule has 0 aliphatic rings. The Bertz CT molecular complexity index is 579. The van der Waals surface area contributed by atoms with Crippen LogP contribution in [0.5, 0.6) is 0 Å². The van der Waals surface area contributed by atoms with Crippen molar-refractivity contribution in [2.75, 3.05) is 20.4 Å². The fourth-order valence-corrected chi connectivity index (χ4v) is 2.05. The van der Waals surface area contributed by atoms with Crippen LogP contribution in [0.3, 0.4) is 0 Å². The Morgan fingerprint density at radius 3 is 2.65 bits per heavy atom. The summed E-state index contributed by atoms with van der Waals surface area (Å²) >= 11 is 1.69. The van der Waals surface area contributed by atoms with E-state index in [2.05, 4.69) is 15.4 Å². The second kappa shape index (κ2) is 6.42. The highest BCUT2D eigenvalue weighted by Gasteiger charge is 2.09. The van der Waals surface area contributed by atoms with Crippen LogP contribution in [-0.4, -0.2) is 46.0 Å². The maximum Gasteiger partial charge on any atom is 0.317 e. The molecule has 106 valence electrons. The minimum absolute atomic E-state index is 0.155. The van der Waals surface area contributed by atoms with Gasteiger partial charge in [0.15, 0.2) is 5.82 Å². The average molecular weight is 291 g/mol. The summed E-state index contributed by atoms with van der Waals surface area (Å²) in [7, 11) is 3.39. The maximum atomic E-state index is 11.5. The molecule has 1 aromatic heterocycles. The minimum atomic E-state index is -0.155. The lowest BCUT2D eigenvalue weighted by Gasteiger charge is -2.12. The second-order valence-electron chi connectivity index (χ2n) is 4.34. The largest absolute Gasteiger partial charge is 0.331 e. The van der Waals surface area contributed by atoms with Crippen molar-refractivity contribution >= 4 is 17.8 Å². The molecule has 20 heavy (non-hydrogen) atoms. The van der Waals surface area contributed by atoms with Gasteiger partial charge in [0.2, 0.25) is 0 Å². The first kappa shape index (κ1) is 14.4. The summed E-state index contributed by atoms with van der Waals surface area (Å²) in [6.45, 7) is 0.335. The molecule has 0 radical (unpaired) electrons. The van der Waals surface area contributed by atoms with E-state index in [1.165, 1.54) is 16.1 Å². The monoisotopic (exact) mass is 291 g/mol. The highest BCUT2D eigenvalue weighted by Crippen LogP contribution is 2.17. The van der Waals surface area contributed by atoms with Crippen molar-refractivity contribution < 1.29 is 4.79 Å². The van der Waals surface area contributed by atoms with E-state index in [0.29, 0.717) is 12.4 Å². The number of hydrogen-bond donors (Lipinski definition) is 1. The van der Waals surface area contributed by atoms with Crippen LogP contribution in [-0.2, 0) is 6.54 Å². The molecule has 6 nitrogen and oxygen atoms in total. The first-order chi connectivity index (χ1) is 9.61. The Balaban J connectivity index is 2.13. The molecule has 0 fully saturated rings. The van der Waals surface area contributed by atoms with Gasteiger partial charge in [0.1, 0.15) is 6.33 Å². The number of hydrogen-bond acceptors (Lipinski definition) is 4. The minimum Gasteiger partial charge on any atom is -0.331 e. The van der Waals surface area contributed by atoms with E-state index >= 15 is 0 Å². The Morgan fingerprint density at radius 2 is 2.05 bits per heavy atom. The number of amides is 2. The number of nitrogens with one attached hydrogen (secondary N) is 1. The molecule has 2 aromatic rings. The molecule has 0 atom stereocenters. The number of aromatic nitrogens is 3. The second-order valence-corrected chi connectivity index (χ2v) is 5.22. The first-order valence-electron chi connectivity index (χ1n) is 6.10.